The SMILES string of the molecule is O=C(NCC1CCCC1O)c1cccc(Br)n1. The summed E-state index contributed by atoms with van der Waals surface area (Å²) in [4.78, 5) is 15.9. The molecule has 4 nitrogen and oxygen atoms in total. The number of nitrogens with zero attached hydrogens (tertiary/aromatic N) is 1. The summed E-state index contributed by atoms with van der Waals surface area (Å²) in [5, 5.41) is 12.5. The number of hydrogen-bond donors (Lipinski definition) is 2. The molecule has 0 saturated heterocycles. The molecule has 1 fully saturated rings. The summed E-state index contributed by atoms with van der Waals surface area (Å²) in [6.07, 6.45) is 2.59. The Morgan fingerprint density at radius 1 is 1.53 bits per heavy atom. The van der Waals surface area contributed by atoms with Gasteiger partial charge in [-0.05, 0) is 40.9 Å². The monoisotopic (exact) mass is 298 g/mol. The van der Waals surface area contributed by atoms with Crippen LogP contribution in [0.4, 0.5) is 0 Å². The molecule has 0 aromatic carbocycles. The average Bonchev–Trinajstić information content (AvgIpc) is 2.72. The van der Waals surface area contributed by atoms with Gasteiger partial charge in [0.25, 0.3) is 5.91 Å². The van der Waals surface area contributed by atoms with Crippen molar-refractivity contribution in [3.8, 4) is 0 Å². The lowest BCUT2D eigenvalue weighted by Gasteiger charge is -2.14. The van der Waals surface area contributed by atoms with Crippen molar-refractivity contribution in [2.24, 2.45) is 5.92 Å². The maximum absolute atomic E-state index is 11.8. The van der Waals surface area contributed by atoms with Crippen molar-refractivity contribution in [2.45, 2.75) is 25.4 Å². The second-order valence-electron chi connectivity index (χ2n) is 4.31. The van der Waals surface area contributed by atoms with E-state index in [1.165, 1.54) is 0 Å². The van der Waals surface area contributed by atoms with Gasteiger partial charge >= 0.3 is 0 Å². The van der Waals surface area contributed by atoms with Gasteiger partial charge in [-0.3, -0.25) is 4.79 Å². The van der Waals surface area contributed by atoms with E-state index >= 15 is 0 Å². The number of amides is 1. The highest BCUT2D eigenvalue weighted by molar-refractivity contribution is 9.10. The van der Waals surface area contributed by atoms with Gasteiger partial charge in [0.05, 0.1) is 6.10 Å². The quantitative estimate of drug-likeness (QED) is 0.836. The van der Waals surface area contributed by atoms with Crippen LogP contribution in [0.25, 0.3) is 0 Å². The van der Waals surface area contributed by atoms with Crippen molar-refractivity contribution in [1.29, 1.82) is 0 Å². The van der Waals surface area contributed by atoms with Crippen LogP contribution in [0.5, 0.6) is 0 Å². The molecule has 2 N–H and O–H groups in total. The van der Waals surface area contributed by atoms with Gasteiger partial charge in [0.15, 0.2) is 0 Å². The minimum atomic E-state index is -0.272. The lowest BCUT2D eigenvalue weighted by Crippen LogP contribution is -2.32. The smallest absolute Gasteiger partial charge is 0.269 e. The second-order valence-corrected chi connectivity index (χ2v) is 5.13. The molecule has 92 valence electrons. The first-order valence-corrected chi connectivity index (χ1v) is 6.55. The molecule has 1 aromatic rings. The number of hydrogen-bond acceptors (Lipinski definition) is 3. The summed E-state index contributed by atoms with van der Waals surface area (Å²) >= 11 is 3.23. The van der Waals surface area contributed by atoms with Gasteiger partial charge in [0.2, 0.25) is 0 Å². The van der Waals surface area contributed by atoms with Gasteiger partial charge in [0, 0.05) is 12.5 Å². The van der Waals surface area contributed by atoms with Gasteiger partial charge in [0.1, 0.15) is 10.3 Å². The normalized spacial score (nSPS) is 23.6. The van der Waals surface area contributed by atoms with Crippen LogP contribution in [0.1, 0.15) is 29.8 Å². The van der Waals surface area contributed by atoms with E-state index < -0.39 is 0 Å². The summed E-state index contributed by atoms with van der Waals surface area (Å²) in [7, 11) is 0. The molecule has 1 amide bonds. The molecule has 17 heavy (non-hydrogen) atoms. The molecule has 1 aliphatic carbocycles. The summed E-state index contributed by atoms with van der Waals surface area (Å²) in [6.45, 7) is 0.522. The fraction of sp³-hybridized carbons (Fsp3) is 0.500. The van der Waals surface area contributed by atoms with Gasteiger partial charge in [-0.25, -0.2) is 4.98 Å². The van der Waals surface area contributed by atoms with Gasteiger partial charge in [-0.15, -0.1) is 0 Å². The van der Waals surface area contributed by atoms with Gasteiger partial charge in [-0.2, -0.15) is 0 Å². The molecule has 0 bridgehead atoms. The Hall–Kier alpha value is -0.940. The zero-order valence-electron chi connectivity index (χ0n) is 9.40. The number of halogens is 1. The Morgan fingerprint density at radius 3 is 3.00 bits per heavy atom. The number of carbonyl (C=O) groups is 1. The summed E-state index contributed by atoms with van der Waals surface area (Å²) in [6, 6.07) is 5.22. The first-order valence-electron chi connectivity index (χ1n) is 5.75. The third kappa shape index (κ3) is 3.26. The summed E-state index contributed by atoms with van der Waals surface area (Å²) in [5.74, 6) is -0.00324. The molecular weight excluding hydrogens is 284 g/mol. The van der Waals surface area contributed by atoms with E-state index in [0.29, 0.717) is 16.8 Å². The molecule has 0 aliphatic heterocycles. The number of rotatable bonds is 3. The van der Waals surface area contributed by atoms with Crippen molar-refractivity contribution in [3.05, 3.63) is 28.5 Å². The predicted octanol–water partition coefficient (Wildman–Crippen LogP) is 1.73. The number of nitrogens with one attached hydrogen (secondary N) is 1. The van der Waals surface area contributed by atoms with E-state index in [2.05, 4.69) is 26.2 Å². The Balaban J connectivity index is 1.89. The van der Waals surface area contributed by atoms with Crippen molar-refractivity contribution in [3.63, 3.8) is 0 Å². The van der Waals surface area contributed by atoms with E-state index in [1.807, 2.05) is 0 Å². The van der Waals surface area contributed by atoms with Gasteiger partial charge in [-0.1, -0.05) is 12.5 Å². The Morgan fingerprint density at radius 2 is 2.35 bits per heavy atom. The summed E-state index contributed by atoms with van der Waals surface area (Å²) in [5.41, 5.74) is 0.395. The Labute approximate surface area is 109 Å². The maximum Gasteiger partial charge on any atom is 0.269 e. The van der Waals surface area contributed by atoms with Crippen molar-refractivity contribution < 1.29 is 9.90 Å². The maximum atomic E-state index is 11.8. The predicted molar refractivity (Wildman–Crippen MR) is 67.6 cm³/mol. The molecule has 0 spiro atoms. The van der Waals surface area contributed by atoms with Crippen LogP contribution in [0.15, 0.2) is 22.8 Å². The van der Waals surface area contributed by atoms with E-state index in [9.17, 15) is 9.90 Å². The third-order valence-corrected chi connectivity index (χ3v) is 3.53. The zero-order valence-corrected chi connectivity index (χ0v) is 11.0. The highest BCUT2D eigenvalue weighted by atomic mass is 79.9. The molecule has 2 atom stereocenters. The first kappa shape index (κ1) is 12.5. The fourth-order valence-corrected chi connectivity index (χ4v) is 2.45. The van der Waals surface area contributed by atoms with Crippen LogP contribution in [0, 0.1) is 5.92 Å². The zero-order chi connectivity index (χ0) is 12.3. The minimum absolute atomic E-state index is 0.186. The topological polar surface area (TPSA) is 62.2 Å². The number of pyridine rings is 1. The second kappa shape index (κ2) is 5.60. The number of aromatic nitrogens is 1. The minimum Gasteiger partial charge on any atom is -0.393 e. The van der Waals surface area contributed by atoms with Gasteiger partial charge < -0.3 is 10.4 Å². The van der Waals surface area contributed by atoms with Crippen molar-refractivity contribution in [2.75, 3.05) is 6.54 Å². The van der Waals surface area contributed by atoms with Crippen LogP contribution in [0.2, 0.25) is 0 Å². The van der Waals surface area contributed by atoms with Crippen molar-refractivity contribution in [1.82, 2.24) is 10.3 Å². The number of carbonyl (C=O) groups excluding carboxylic acids is 1. The molecule has 0 radical (unpaired) electrons. The Kier molecular flexibility index (Phi) is 4.12. The van der Waals surface area contributed by atoms with E-state index in [-0.39, 0.29) is 17.9 Å². The van der Waals surface area contributed by atoms with Crippen LogP contribution in [-0.4, -0.2) is 28.6 Å². The number of aliphatic hydroxyl groups is 1. The van der Waals surface area contributed by atoms with E-state index in [1.54, 1.807) is 18.2 Å². The molecule has 1 saturated carbocycles. The lowest BCUT2D eigenvalue weighted by molar-refractivity contribution is 0.0912. The van der Waals surface area contributed by atoms with E-state index in [4.69, 9.17) is 0 Å². The van der Waals surface area contributed by atoms with Crippen LogP contribution in [0.3, 0.4) is 0 Å². The summed E-state index contributed by atoms with van der Waals surface area (Å²) < 4.78 is 0.644. The first-order chi connectivity index (χ1) is 8.16. The Bertz CT molecular complexity index is 411. The highest BCUT2D eigenvalue weighted by Crippen LogP contribution is 2.24. The molecule has 2 unspecified atom stereocenters. The van der Waals surface area contributed by atoms with E-state index in [0.717, 1.165) is 19.3 Å². The molecule has 1 aliphatic rings. The lowest BCUT2D eigenvalue weighted by atomic mass is 10.1. The molecule has 2 rings (SSSR count). The van der Waals surface area contributed by atoms with Crippen LogP contribution in [-0.2, 0) is 0 Å². The molecule has 1 heterocycles. The largest absolute Gasteiger partial charge is 0.393 e. The fourth-order valence-electron chi connectivity index (χ4n) is 2.10. The molecular formula is C12H15BrN2O2. The average molecular weight is 299 g/mol. The molecule has 5 heteroatoms. The van der Waals surface area contributed by atoms with Crippen molar-refractivity contribution >= 4 is 21.8 Å². The van der Waals surface area contributed by atoms with Crippen LogP contribution < -0.4 is 5.32 Å². The number of aliphatic hydroxyl groups excluding tert-OH is 1. The standard InChI is InChI=1S/C12H15BrN2O2/c13-11-6-2-4-9(15-11)12(17)14-7-8-3-1-5-10(8)16/h2,4,6,8,10,16H,1,3,5,7H2,(H,14,17). The molecule has 1 aromatic heterocycles. The highest BCUT2D eigenvalue weighted by Gasteiger charge is 2.25. The third-order valence-electron chi connectivity index (χ3n) is 3.09. The van der Waals surface area contributed by atoms with Crippen LogP contribution >= 0.6 is 15.9 Å².